The molecule has 0 spiro atoms. The Labute approximate surface area is 88.5 Å². The van der Waals surface area contributed by atoms with Gasteiger partial charge in [-0.2, -0.15) is 9.61 Å². The summed E-state index contributed by atoms with van der Waals surface area (Å²) in [7, 11) is 0. The summed E-state index contributed by atoms with van der Waals surface area (Å²) in [5.41, 5.74) is 11.2. The second-order valence-corrected chi connectivity index (χ2v) is 3.60. The second-order valence-electron chi connectivity index (χ2n) is 2.75. The van der Waals surface area contributed by atoms with Crippen molar-refractivity contribution in [3.05, 3.63) is 11.7 Å². The van der Waals surface area contributed by atoms with Gasteiger partial charge in [-0.15, -0.1) is 11.8 Å². The molecule has 0 fully saturated rings. The van der Waals surface area contributed by atoms with Crippen LogP contribution < -0.4 is 16.8 Å². The fraction of sp³-hybridized carbons (Fsp3) is 0.143. The molecule has 0 aliphatic heterocycles. The van der Waals surface area contributed by atoms with Crippen LogP contribution in [-0.2, 0) is 4.79 Å². The lowest BCUT2D eigenvalue weighted by atomic mass is 10.7. The van der Waals surface area contributed by atoms with Gasteiger partial charge in [0, 0.05) is 5.41 Å². The maximum absolute atomic E-state index is 10.5. The standard InChI is InChI=1S/C7H8N6OS/c8-5(14)2-15-1-4-6-10-3-11-13(6)7(9)12-4/h1,3H,2H2,(H2,8,14)(H2,9,12)/b4-1-. The van der Waals surface area contributed by atoms with Crippen LogP contribution >= 0.6 is 11.8 Å². The fourth-order valence-corrected chi connectivity index (χ4v) is 1.65. The summed E-state index contributed by atoms with van der Waals surface area (Å²) in [4.78, 5) is 18.5. The Hall–Kier alpha value is -1.83. The molecule has 0 bridgehead atoms. The van der Waals surface area contributed by atoms with Crippen molar-refractivity contribution in [2.24, 2.45) is 5.73 Å². The maximum Gasteiger partial charge on any atom is 0.227 e. The summed E-state index contributed by atoms with van der Waals surface area (Å²) in [6, 6.07) is 0. The molecule has 8 heteroatoms. The van der Waals surface area contributed by atoms with E-state index < -0.39 is 0 Å². The molecule has 0 saturated carbocycles. The van der Waals surface area contributed by atoms with E-state index in [1.807, 2.05) is 0 Å². The molecule has 7 nitrogen and oxygen atoms in total. The average molecular weight is 224 g/mol. The van der Waals surface area contributed by atoms with Gasteiger partial charge in [0.2, 0.25) is 11.9 Å². The summed E-state index contributed by atoms with van der Waals surface area (Å²) >= 11 is 1.25. The van der Waals surface area contributed by atoms with Crippen LogP contribution in [0.3, 0.4) is 0 Å². The van der Waals surface area contributed by atoms with Gasteiger partial charge in [-0.3, -0.25) is 4.79 Å². The summed E-state index contributed by atoms with van der Waals surface area (Å²) < 4.78 is 1.43. The van der Waals surface area contributed by atoms with E-state index >= 15 is 0 Å². The summed E-state index contributed by atoms with van der Waals surface area (Å²) in [6.45, 7) is 0. The molecule has 2 aromatic heterocycles. The molecule has 2 rings (SSSR count). The molecule has 4 N–H and O–H groups in total. The molecule has 15 heavy (non-hydrogen) atoms. The highest BCUT2D eigenvalue weighted by Gasteiger charge is 2.05. The van der Waals surface area contributed by atoms with Crippen molar-refractivity contribution < 1.29 is 4.79 Å². The molecule has 2 heterocycles. The minimum absolute atomic E-state index is 0.201. The van der Waals surface area contributed by atoms with Crippen LogP contribution in [0.1, 0.15) is 0 Å². The Morgan fingerprint density at radius 3 is 3.20 bits per heavy atom. The van der Waals surface area contributed by atoms with E-state index in [-0.39, 0.29) is 17.6 Å². The Kier molecular flexibility index (Phi) is 2.42. The van der Waals surface area contributed by atoms with E-state index in [9.17, 15) is 4.79 Å². The highest BCUT2D eigenvalue weighted by molar-refractivity contribution is 8.07. The number of fused-ring (bicyclic) bond motifs is 1. The van der Waals surface area contributed by atoms with Crippen LogP contribution in [-0.4, -0.2) is 31.2 Å². The number of nitrogen functional groups attached to an aromatic ring is 1. The molecule has 0 saturated heterocycles. The number of nitrogens with zero attached hydrogens (tertiary/aromatic N) is 4. The number of hydrogen-bond acceptors (Lipinski definition) is 6. The topological polar surface area (TPSA) is 112 Å². The highest BCUT2D eigenvalue weighted by Crippen LogP contribution is 2.02. The number of hydrogen-bond donors (Lipinski definition) is 2. The summed E-state index contributed by atoms with van der Waals surface area (Å²) in [5.74, 6) is 0.0919. The smallest absolute Gasteiger partial charge is 0.227 e. The lowest BCUT2D eigenvalue weighted by Gasteiger charge is -1.85. The van der Waals surface area contributed by atoms with Gasteiger partial charge in [-0.25, -0.2) is 9.97 Å². The number of nitrogens with two attached hydrogens (primary N) is 2. The first-order chi connectivity index (χ1) is 7.18. The van der Waals surface area contributed by atoms with E-state index in [0.29, 0.717) is 11.0 Å². The quantitative estimate of drug-likeness (QED) is 0.648. The first-order valence-electron chi connectivity index (χ1n) is 4.03. The van der Waals surface area contributed by atoms with Crippen molar-refractivity contribution in [1.29, 1.82) is 0 Å². The monoisotopic (exact) mass is 224 g/mol. The number of thioether (sulfide) groups is 1. The van der Waals surface area contributed by atoms with Crippen molar-refractivity contribution in [1.82, 2.24) is 19.6 Å². The Balaban J connectivity index is 2.34. The molecule has 0 unspecified atom stereocenters. The molecule has 1 amide bonds. The molecule has 0 radical (unpaired) electrons. The predicted octanol–water partition coefficient (Wildman–Crippen LogP) is -1.62. The van der Waals surface area contributed by atoms with Crippen LogP contribution in [0.5, 0.6) is 0 Å². The number of carbonyl (C=O) groups excluding carboxylic acids is 1. The summed E-state index contributed by atoms with van der Waals surface area (Å²) in [6.07, 6.45) is 1.39. The number of rotatable bonds is 3. The van der Waals surface area contributed by atoms with Crippen LogP contribution in [0, 0.1) is 0 Å². The Bertz CT molecular complexity index is 549. The number of anilines is 1. The van der Waals surface area contributed by atoms with Crippen molar-refractivity contribution in [3.8, 4) is 0 Å². The molecule has 0 aliphatic carbocycles. The number of amides is 1. The van der Waals surface area contributed by atoms with Gasteiger partial charge in [0.15, 0.2) is 5.65 Å². The van der Waals surface area contributed by atoms with Crippen LogP contribution in [0.2, 0.25) is 0 Å². The maximum atomic E-state index is 10.5. The zero-order valence-corrected chi connectivity index (χ0v) is 8.44. The minimum atomic E-state index is -0.381. The lowest BCUT2D eigenvalue weighted by molar-refractivity contribution is -0.115. The zero-order valence-electron chi connectivity index (χ0n) is 7.62. The molecular formula is C7H8N6OS. The lowest BCUT2D eigenvalue weighted by Crippen LogP contribution is -2.13. The number of carbonyl (C=O) groups is 1. The Morgan fingerprint density at radius 1 is 1.67 bits per heavy atom. The largest absolute Gasteiger partial charge is 0.369 e. The van der Waals surface area contributed by atoms with Gasteiger partial charge in [-0.05, 0) is 0 Å². The zero-order chi connectivity index (χ0) is 10.8. The molecule has 2 aromatic rings. The van der Waals surface area contributed by atoms with Gasteiger partial charge in [-0.1, -0.05) is 0 Å². The van der Waals surface area contributed by atoms with Gasteiger partial charge in [0.1, 0.15) is 11.7 Å². The average Bonchev–Trinajstić information content (AvgIpc) is 2.71. The molecule has 0 aliphatic rings. The molecule has 0 atom stereocenters. The first kappa shape index (κ1) is 9.71. The van der Waals surface area contributed by atoms with Crippen molar-refractivity contribution in [2.45, 2.75) is 0 Å². The van der Waals surface area contributed by atoms with Gasteiger partial charge >= 0.3 is 0 Å². The fourth-order valence-electron chi connectivity index (χ4n) is 1.09. The van der Waals surface area contributed by atoms with Gasteiger partial charge in [0.25, 0.3) is 0 Å². The third kappa shape index (κ3) is 1.84. The van der Waals surface area contributed by atoms with E-state index in [2.05, 4.69) is 15.1 Å². The van der Waals surface area contributed by atoms with E-state index in [1.165, 1.54) is 22.6 Å². The third-order valence-electron chi connectivity index (χ3n) is 1.65. The van der Waals surface area contributed by atoms with E-state index in [4.69, 9.17) is 11.5 Å². The summed E-state index contributed by atoms with van der Waals surface area (Å²) in [5, 5.41) is 6.16. The second kappa shape index (κ2) is 3.73. The van der Waals surface area contributed by atoms with E-state index in [0.717, 1.165) is 0 Å². The predicted molar refractivity (Wildman–Crippen MR) is 56.5 cm³/mol. The minimum Gasteiger partial charge on any atom is -0.369 e. The normalized spacial score (nSPS) is 12.4. The van der Waals surface area contributed by atoms with Crippen molar-refractivity contribution in [2.75, 3.05) is 11.5 Å². The van der Waals surface area contributed by atoms with Gasteiger partial charge < -0.3 is 11.5 Å². The van der Waals surface area contributed by atoms with Gasteiger partial charge in [0.05, 0.1) is 5.75 Å². The van der Waals surface area contributed by atoms with E-state index in [1.54, 1.807) is 5.41 Å². The van der Waals surface area contributed by atoms with Crippen LogP contribution in [0.15, 0.2) is 6.33 Å². The van der Waals surface area contributed by atoms with Crippen molar-refractivity contribution >= 4 is 34.7 Å². The number of aromatic nitrogens is 4. The first-order valence-corrected chi connectivity index (χ1v) is 5.08. The molecule has 0 aromatic carbocycles. The SMILES string of the molecule is NC(=O)CS/C=c1\nc(N)n2ncnc12. The molecular weight excluding hydrogens is 216 g/mol. The highest BCUT2D eigenvalue weighted by atomic mass is 32.2. The molecule has 78 valence electrons. The number of primary amides is 1. The van der Waals surface area contributed by atoms with Crippen LogP contribution in [0.4, 0.5) is 5.95 Å². The number of imidazole rings is 1. The van der Waals surface area contributed by atoms with Crippen LogP contribution in [0.25, 0.3) is 11.1 Å². The third-order valence-corrected chi connectivity index (χ3v) is 2.49. The van der Waals surface area contributed by atoms with Crippen molar-refractivity contribution in [3.63, 3.8) is 0 Å². The Morgan fingerprint density at radius 2 is 2.47 bits per heavy atom.